The highest BCUT2D eigenvalue weighted by molar-refractivity contribution is 14.1. The van der Waals surface area contributed by atoms with Crippen LogP contribution < -0.4 is 0 Å². The fourth-order valence-electron chi connectivity index (χ4n) is 5.18. The van der Waals surface area contributed by atoms with Gasteiger partial charge in [0.15, 0.2) is 0 Å². The second-order valence-corrected chi connectivity index (χ2v) is 14.1. The molecule has 5 atom stereocenters. The number of aliphatic hydroxyl groups is 1. The zero-order valence-corrected chi connectivity index (χ0v) is 20.8. The number of aliphatic hydroxyl groups excluding tert-OH is 1. The molecule has 7 heteroatoms. The van der Waals surface area contributed by atoms with Gasteiger partial charge in [-0.3, -0.25) is 4.79 Å². The molecule has 2 aliphatic rings. The first-order valence-corrected chi connectivity index (χ1v) is 14.7. The third-order valence-corrected chi connectivity index (χ3v) is 9.81. The summed E-state index contributed by atoms with van der Waals surface area (Å²) in [6, 6.07) is 8.38. The summed E-state index contributed by atoms with van der Waals surface area (Å²) in [7, 11) is -2.99. The summed E-state index contributed by atoms with van der Waals surface area (Å²) in [6.07, 6.45) is 3.35. The first-order chi connectivity index (χ1) is 13.7. The Morgan fingerprint density at radius 2 is 2.00 bits per heavy atom. The number of nitrogens with zero attached hydrogens (tertiary/aromatic N) is 1. The van der Waals surface area contributed by atoms with Gasteiger partial charge in [-0.1, -0.05) is 19.1 Å². The number of carbonyl (C=O) groups excluding carboxylic acids is 1. The first-order valence-electron chi connectivity index (χ1n) is 10.7. The molecule has 2 saturated heterocycles. The van der Waals surface area contributed by atoms with E-state index in [9.17, 15) is 9.90 Å². The normalized spacial score (nSPS) is 30.1. The molecule has 1 amide bonds. The second kappa shape index (κ2) is 9.74. The lowest BCUT2D eigenvalue weighted by Crippen LogP contribution is -2.42. The largest absolute Gasteiger partial charge is 0.394 e. The van der Waals surface area contributed by atoms with E-state index < -0.39 is 8.41 Å². The average Bonchev–Trinajstić information content (AvgIpc) is 3.25. The number of amides is 1. The Bertz CT molecular complexity index is 696. The highest BCUT2D eigenvalue weighted by Gasteiger charge is 2.51. The molecule has 3 rings (SSSR count). The van der Waals surface area contributed by atoms with E-state index in [1.165, 1.54) is 9.13 Å². The SMILES string of the molecule is C[C@H]1[C@H]([Si](C)(C)F)[C@@H](CC(=O)N2CCC[C@H]2CO)O[C@H]1CCc1ccc(I)cc1. The van der Waals surface area contributed by atoms with Crippen molar-refractivity contribution in [2.75, 3.05) is 13.2 Å². The Morgan fingerprint density at radius 1 is 1.31 bits per heavy atom. The van der Waals surface area contributed by atoms with Gasteiger partial charge in [0, 0.05) is 15.7 Å². The number of hydrogen-bond donors (Lipinski definition) is 1. The van der Waals surface area contributed by atoms with E-state index in [0.717, 1.165) is 25.7 Å². The van der Waals surface area contributed by atoms with Crippen LogP contribution in [0, 0.1) is 9.49 Å². The maximum absolute atomic E-state index is 15.2. The van der Waals surface area contributed by atoms with E-state index in [4.69, 9.17) is 4.74 Å². The summed E-state index contributed by atoms with van der Waals surface area (Å²) >= 11 is 2.30. The first kappa shape index (κ1) is 23.2. The van der Waals surface area contributed by atoms with Crippen molar-refractivity contribution in [3.8, 4) is 0 Å². The third-order valence-electron chi connectivity index (χ3n) is 6.61. The molecule has 1 N–H and O–H groups in total. The van der Waals surface area contributed by atoms with Crippen LogP contribution in [0.25, 0.3) is 0 Å². The lowest BCUT2D eigenvalue weighted by Gasteiger charge is -2.30. The van der Waals surface area contributed by atoms with Crippen molar-refractivity contribution in [3.63, 3.8) is 0 Å². The van der Waals surface area contributed by atoms with Gasteiger partial charge in [0.25, 0.3) is 0 Å². The summed E-state index contributed by atoms with van der Waals surface area (Å²) < 4.78 is 22.8. The van der Waals surface area contributed by atoms with E-state index in [1.807, 2.05) is 0 Å². The molecular formula is C22H33FINO3Si. The number of benzene rings is 1. The van der Waals surface area contributed by atoms with E-state index in [-0.39, 0.29) is 48.6 Å². The Morgan fingerprint density at radius 3 is 2.62 bits per heavy atom. The van der Waals surface area contributed by atoms with E-state index in [0.29, 0.717) is 6.54 Å². The quantitative estimate of drug-likeness (QED) is 0.318. The molecule has 1 aromatic carbocycles. The second-order valence-electron chi connectivity index (χ2n) is 9.10. The van der Waals surface area contributed by atoms with Crippen molar-refractivity contribution in [2.45, 2.75) is 75.9 Å². The Balaban J connectivity index is 1.67. The molecule has 0 radical (unpaired) electrons. The smallest absolute Gasteiger partial charge is 0.246 e. The minimum absolute atomic E-state index is 0.000264. The molecule has 2 fully saturated rings. The van der Waals surface area contributed by atoms with Gasteiger partial charge in [0.1, 0.15) is 0 Å². The van der Waals surface area contributed by atoms with Crippen LogP contribution in [-0.2, 0) is 16.0 Å². The molecule has 0 bridgehead atoms. The topological polar surface area (TPSA) is 49.8 Å². The van der Waals surface area contributed by atoms with Crippen LogP contribution in [0.2, 0.25) is 18.6 Å². The van der Waals surface area contributed by atoms with E-state index in [2.05, 4.69) is 53.8 Å². The molecule has 0 unspecified atom stereocenters. The molecule has 162 valence electrons. The fourth-order valence-corrected chi connectivity index (χ4v) is 8.08. The highest BCUT2D eigenvalue weighted by atomic mass is 127. The lowest BCUT2D eigenvalue weighted by molar-refractivity contribution is -0.135. The van der Waals surface area contributed by atoms with Crippen LogP contribution in [0.4, 0.5) is 4.11 Å². The van der Waals surface area contributed by atoms with Crippen LogP contribution in [0.5, 0.6) is 0 Å². The van der Waals surface area contributed by atoms with Crippen LogP contribution in [-0.4, -0.2) is 55.7 Å². The zero-order chi connectivity index (χ0) is 21.2. The molecule has 0 aromatic heterocycles. The summed E-state index contributed by atoms with van der Waals surface area (Å²) in [5.74, 6) is 0.107. The maximum atomic E-state index is 15.2. The zero-order valence-electron chi connectivity index (χ0n) is 17.6. The van der Waals surface area contributed by atoms with Gasteiger partial charge in [-0.15, -0.1) is 0 Å². The average molecular weight is 533 g/mol. The molecule has 0 spiro atoms. The molecule has 0 aliphatic carbocycles. The van der Waals surface area contributed by atoms with Crippen molar-refractivity contribution in [3.05, 3.63) is 33.4 Å². The third kappa shape index (κ3) is 5.60. The van der Waals surface area contributed by atoms with Crippen molar-refractivity contribution in [1.82, 2.24) is 4.90 Å². The Labute approximate surface area is 188 Å². The Kier molecular flexibility index (Phi) is 7.78. The van der Waals surface area contributed by atoms with Crippen molar-refractivity contribution >= 4 is 36.9 Å². The fraction of sp³-hybridized carbons (Fsp3) is 0.682. The number of aryl methyl sites for hydroxylation is 1. The number of rotatable bonds is 7. The number of likely N-dealkylation sites (tertiary alicyclic amines) is 1. The van der Waals surface area contributed by atoms with Gasteiger partial charge < -0.3 is 18.9 Å². The van der Waals surface area contributed by atoms with Gasteiger partial charge in [-0.2, -0.15) is 0 Å². The minimum Gasteiger partial charge on any atom is -0.394 e. The number of hydrogen-bond acceptors (Lipinski definition) is 3. The molecule has 2 aliphatic heterocycles. The van der Waals surface area contributed by atoms with Crippen LogP contribution in [0.3, 0.4) is 0 Å². The molecule has 4 nitrogen and oxygen atoms in total. The van der Waals surface area contributed by atoms with Crippen molar-refractivity contribution in [1.29, 1.82) is 0 Å². The van der Waals surface area contributed by atoms with Gasteiger partial charge in [-0.25, -0.2) is 0 Å². The van der Waals surface area contributed by atoms with Crippen molar-refractivity contribution in [2.24, 2.45) is 5.92 Å². The summed E-state index contributed by atoms with van der Waals surface area (Å²) in [4.78, 5) is 14.7. The molecule has 2 heterocycles. The summed E-state index contributed by atoms with van der Waals surface area (Å²) in [5, 5.41) is 9.53. The van der Waals surface area contributed by atoms with Crippen LogP contribution in [0.15, 0.2) is 24.3 Å². The molecule has 0 saturated carbocycles. The predicted octanol–water partition coefficient (Wildman–Crippen LogP) is 4.55. The molecule has 1 aromatic rings. The summed E-state index contributed by atoms with van der Waals surface area (Å²) in [6.45, 7) is 6.25. The standard InChI is InChI=1S/C22H33FINO3Si/c1-15-19(11-8-16-6-9-17(24)10-7-16)28-20(22(15)29(2,3)23)13-21(27)25-12-4-5-18(25)14-26/h6-7,9-10,15,18-20,22,26H,4-5,8,11-14H2,1-3H3/t15-,18+,19+,20-,22+/m1/s1. The highest BCUT2D eigenvalue weighted by Crippen LogP contribution is 2.47. The van der Waals surface area contributed by atoms with Crippen LogP contribution in [0.1, 0.15) is 38.2 Å². The maximum Gasteiger partial charge on any atom is 0.246 e. The number of ether oxygens (including phenoxy) is 1. The van der Waals surface area contributed by atoms with Gasteiger partial charge in [0.2, 0.25) is 14.3 Å². The van der Waals surface area contributed by atoms with Gasteiger partial charge in [-0.05, 0) is 85.0 Å². The summed E-state index contributed by atoms with van der Waals surface area (Å²) in [5.41, 5.74) is 1.08. The predicted molar refractivity (Wildman–Crippen MR) is 124 cm³/mol. The van der Waals surface area contributed by atoms with Crippen molar-refractivity contribution < 1.29 is 18.7 Å². The Hall–Kier alpha value is -0.513. The molecule has 29 heavy (non-hydrogen) atoms. The van der Waals surface area contributed by atoms with E-state index in [1.54, 1.807) is 18.0 Å². The number of carbonyl (C=O) groups is 1. The minimum atomic E-state index is -2.99. The number of halogens is 2. The lowest BCUT2D eigenvalue weighted by atomic mass is 9.95. The van der Waals surface area contributed by atoms with Crippen LogP contribution >= 0.6 is 22.6 Å². The van der Waals surface area contributed by atoms with E-state index >= 15 is 4.11 Å². The molecular weight excluding hydrogens is 500 g/mol. The van der Waals surface area contributed by atoms with Gasteiger partial charge >= 0.3 is 0 Å². The monoisotopic (exact) mass is 533 g/mol. The van der Waals surface area contributed by atoms with Gasteiger partial charge in [0.05, 0.1) is 31.3 Å².